The molecule has 1 aromatic heterocycles. The zero-order valence-electron chi connectivity index (χ0n) is 17.3. The van der Waals surface area contributed by atoms with E-state index in [-0.39, 0.29) is 21.7 Å². The van der Waals surface area contributed by atoms with Crippen molar-refractivity contribution in [1.29, 1.82) is 5.26 Å². The number of ether oxygens (including phenoxy) is 2. The van der Waals surface area contributed by atoms with Gasteiger partial charge in [-0.05, 0) is 48.4 Å². The third-order valence-electron chi connectivity index (χ3n) is 5.25. The number of aromatic nitrogens is 1. The van der Waals surface area contributed by atoms with Gasteiger partial charge in [0, 0.05) is 17.1 Å². The number of methoxy groups -OCH3 is 2. The summed E-state index contributed by atoms with van der Waals surface area (Å²) >= 11 is 12.4. The molecule has 2 heterocycles. The summed E-state index contributed by atoms with van der Waals surface area (Å²) in [5.74, 6) is 1.09. The fraction of sp³-hybridized carbons (Fsp3) is 0.174. The number of nitrogens with zero attached hydrogens (tertiary/aromatic N) is 3. The molecular weight excluding hydrogens is 451 g/mol. The van der Waals surface area contributed by atoms with E-state index in [1.165, 1.54) is 13.3 Å². The third-order valence-corrected chi connectivity index (χ3v) is 5.90. The SMILES string of the molecule is COc1cc2c(cc1OC)-c1c(C#N)c(Cl)c(/C=N/Nc3ccc(Cl)cc3)c(=O)n1CC2. The molecule has 0 atom stereocenters. The van der Waals surface area contributed by atoms with Gasteiger partial charge in [0.15, 0.2) is 11.5 Å². The molecule has 0 amide bonds. The molecule has 1 N–H and O–H groups in total. The lowest BCUT2D eigenvalue weighted by Crippen LogP contribution is -2.30. The lowest BCUT2D eigenvalue weighted by atomic mass is 9.93. The Morgan fingerprint density at radius 3 is 2.50 bits per heavy atom. The molecule has 0 aliphatic carbocycles. The van der Waals surface area contributed by atoms with Gasteiger partial charge in [-0.2, -0.15) is 10.4 Å². The number of aryl methyl sites for hydroxylation is 1. The fourth-order valence-electron chi connectivity index (χ4n) is 3.70. The summed E-state index contributed by atoms with van der Waals surface area (Å²) in [4.78, 5) is 13.3. The molecule has 0 unspecified atom stereocenters. The minimum atomic E-state index is -0.328. The van der Waals surface area contributed by atoms with Gasteiger partial charge in [-0.25, -0.2) is 0 Å². The number of hydrazone groups is 1. The van der Waals surface area contributed by atoms with Gasteiger partial charge in [-0.15, -0.1) is 0 Å². The number of pyridine rings is 1. The minimum Gasteiger partial charge on any atom is -0.493 e. The van der Waals surface area contributed by atoms with Crippen LogP contribution in [0.4, 0.5) is 5.69 Å². The molecule has 162 valence electrons. The summed E-state index contributed by atoms with van der Waals surface area (Å²) in [6.45, 7) is 0.397. The van der Waals surface area contributed by atoms with Crippen LogP contribution in [0, 0.1) is 11.3 Å². The summed E-state index contributed by atoms with van der Waals surface area (Å²) in [7, 11) is 3.10. The van der Waals surface area contributed by atoms with Gasteiger partial charge < -0.3 is 14.0 Å². The van der Waals surface area contributed by atoms with Crippen LogP contribution >= 0.6 is 23.2 Å². The van der Waals surface area contributed by atoms with Crippen LogP contribution in [-0.4, -0.2) is 25.0 Å². The second-order valence-corrected chi connectivity index (χ2v) is 7.83. The zero-order chi connectivity index (χ0) is 22.8. The monoisotopic (exact) mass is 468 g/mol. The van der Waals surface area contributed by atoms with Gasteiger partial charge in [0.1, 0.15) is 6.07 Å². The zero-order valence-corrected chi connectivity index (χ0v) is 18.8. The van der Waals surface area contributed by atoms with E-state index in [9.17, 15) is 10.1 Å². The number of rotatable bonds is 5. The smallest absolute Gasteiger partial charge is 0.261 e. The van der Waals surface area contributed by atoms with Gasteiger partial charge in [0.25, 0.3) is 5.56 Å². The fourth-order valence-corrected chi connectivity index (χ4v) is 4.09. The van der Waals surface area contributed by atoms with Crippen LogP contribution in [0.15, 0.2) is 46.3 Å². The molecule has 9 heteroatoms. The Morgan fingerprint density at radius 2 is 1.84 bits per heavy atom. The molecule has 7 nitrogen and oxygen atoms in total. The van der Waals surface area contributed by atoms with E-state index in [1.807, 2.05) is 6.07 Å². The first-order chi connectivity index (χ1) is 15.5. The maximum atomic E-state index is 13.3. The van der Waals surface area contributed by atoms with Crippen molar-refractivity contribution >= 4 is 35.1 Å². The normalized spacial score (nSPS) is 12.1. The number of halogens is 2. The molecular formula is C23H18Cl2N4O3. The van der Waals surface area contributed by atoms with Crippen molar-refractivity contribution in [3.63, 3.8) is 0 Å². The topological polar surface area (TPSA) is 88.6 Å². The van der Waals surface area contributed by atoms with Crippen molar-refractivity contribution in [2.45, 2.75) is 13.0 Å². The highest BCUT2D eigenvalue weighted by Crippen LogP contribution is 2.40. The molecule has 1 aliphatic rings. The van der Waals surface area contributed by atoms with Crippen molar-refractivity contribution in [3.05, 3.63) is 73.5 Å². The van der Waals surface area contributed by atoms with Gasteiger partial charge in [0.05, 0.1) is 48.0 Å². The lowest BCUT2D eigenvalue weighted by molar-refractivity contribution is 0.354. The maximum absolute atomic E-state index is 13.3. The average Bonchev–Trinajstić information content (AvgIpc) is 2.81. The van der Waals surface area contributed by atoms with E-state index >= 15 is 0 Å². The van der Waals surface area contributed by atoms with E-state index in [2.05, 4.69) is 16.6 Å². The van der Waals surface area contributed by atoms with Crippen LogP contribution in [-0.2, 0) is 13.0 Å². The summed E-state index contributed by atoms with van der Waals surface area (Å²) in [6, 6.07) is 12.7. The molecule has 0 spiro atoms. The summed E-state index contributed by atoms with van der Waals surface area (Å²) in [6.07, 6.45) is 1.92. The Morgan fingerprint density at radius 1 is 1.16 bits per heavy atom. The molecule has 4 rings (SSSR count). The average molecular weight is 469 g/mol. The molecule has 0 fully saturated rings. The highest BCUT2D eigenvalue weighted by atomic mass is 35.5. The second-order valence-electron chi connectivity index (χ2n) is 7.01. The Kier molecular flexibility index (Phi) is 6.08. The summed E-state index contributed by atoms with van der Waals surface area (Å²) in [5.41, 5.74) is 5.65. The molecule has 0 bridgehead atoms. The lowest BCUT2D eigenvalue weighted by Gasteiger charge is -2.25. The van der Waals surface area contributed by atoms with Crippen molar-refractivity contribution in [3.8, 4) is 28.8 Å². The number of hydrogen-bond acceptors (Lipinski definition) is 6. The largest absolute Gasteiger partial charge is 0.493 e. The summed E-state index contributed by atoms with van der Waals surface area (Å²) < 4.78 is 12.4. The number of benzene rings is 2. The Hall–Kier alpha value is -3.47. The van der Waals surface area contributed by atoms with Gasteiger partial charge >= 0.3 is 0 Å². The van der Waals surface area contributed by atoms with Crippen molar-refractivity contribution in [1.82, 2.24) is 4.57 Å². The van der Waals surface area contributed by atoms with Crippen LogP contribution in [0.25, 0.3) is 11.3 Å². The van der Waals surface area contributed by atoms with Crippen LogP contribution < -0.4 is 20.5 Å². The third kappa shape index (κ3) is 3.79. The molecule has 2 aromatic carbocycles. The number of fused-ring (bicyclic) bond motifs is 3. The quantitative estimate of drug-likeness (QED) is 0.432. The molecule has 3 aromatic rings. The number of nitrogens with one attached hydrogen (secondary N) is 1. The number of nitriles is 1. The van der Waals surface area contributed by atoms with Crippen LogP contribution in [0.3, 0.4) is 0 Å². The predicted octanol–water partition coefficient (Wildman–Crippen LogP) is 4.71. The highest BCUT2D eigenvalue weighted by molar-refractivity contribution is 6.34. The van der Waals surface area contributed by atoms with E-state index in [1.54, 1.807) is 42.0 Å². The van der Waals surface area contributed by atoms with Crippen LogP contribution in [0.2, 0.25) is 10.0 Å². The maximum Gasteiger partial charge on any atom is 0.261 e. The Bertz CT molecular complexity index is 1330. The van der Waals surface area contributed by atoms with E-state index < -0.39 is 0 Å². The van der Waals surface area contributed by atoms with Crippen LogP contribution in [0.5, 0.6) is 11.5 Å². The number of hydrogen-bond donors (Lipinski definition) is 1. The first-order valence-electron chi connectivity index (χ1n) is 9.64. The van der Waals surface area contributed by atoms with Crippen molar-refractivity contribution in [2.24, 2.45) is 5.10 Å². The second kappa shape index (κ2) is 8.95. The minimum absolute atomic E-state index is 0.0491. The predicted molar refractivity (Wildman–Crippen MR) is 125 cm³/mol. The standard InChI is InChI=1S/C23H18Cl2N4O3/c1-31-19-9-13-7-8-29-22(16(13)10-20(19)32-2)17(11-26)21(25)18(23(29)30)12-27-28-15-5-3-14(24)4-6-15/h3-6,9-10,12,28H,7-8H2,1-2H3/b27-12+. The summed E-state index contributed by atoms with van der Waals surface area (Å²) in [5, 5.41) is 14.7. The Labute approximate surface area is 194 Å². The Balaban J connectivity index is 1.82. The molecule has 0 saturated carbocycles. The van der Waals surface area contributed by atoms with Crippen LogP contribution in [0.1, 0.15) is 16.7 Å². The first-order valence-corrected chi connectivity index (χ1v) is 10.4. The van der Waals surface area contributed by atoms with Gasteiger partial charge in [-0.1, -0.05) is 23.2 Å². The molecule has 1 aliphatic heterocycles. The van der Waals surface area contributed by atoms with Crippen molar-refractivity contribution in [2.75, 3.05) is 19.6 Å². The highest BCUT2D eigenvalue weighted by Gasteiger charge is 2.27. The van der Waals surface area contributed by atoms with Gasteiger partial charge in [0.2, 0.25) is 0 Å². The molecule has 32 heavy (non-hydrogen) atoms. The van der Waals surface area contributed by atoms with E-state index in [0.29, 0.717) is 46.4 Å². The van der Waals surface area contributed by atoms with E-state index in [0.717, 1.165) is 5.56 Å². The molecule has 0 saturated heterocycles. The molecule has 0 radical (unpaired) electrons. The van der Waals surface area contributed by atoms with Gasteiger partial charge in [-0.3, -0.25) is 10.2 Å². The van der Waals surface area contributed by atoms with Crippen molar-refractivity contribution < 1.29 is 9.47 Å². The van der Waals surface area contributed by atoms with E-state index in [4.69, 9.17) is 32.7 Å². The first kappa shape index (κ1) is 21.8. The number of anilines is 1.